The molecule has 18 heavy (non-hydrogen) atoms. The van der Waals surface area contributed by atoms with Crippen LogP contribution in [0.25, 0.3) is 0 Å². The van der Waals surface area contributed by atoms with Gasteiger partial charge in [-0.2, -0.15) is 11.8 Å². The molecule has 0 aliphatic rings. The summed E-state index contributed by atoms with van der Waals surface area (Å²) in [6, 6.07) is 5.41. The van der Waals surface area contributed by atoms with Crippen LogP contribution in [0, 0.1) is 11.7 Å². The molecule has 0 saturated carbocycles. The van der Waals surface area contributed by atoms with Gasteiger partial charge in [-0.25, -0.2) is 4.39 Å². The Morgan fingerprint density at radius 1 is 1.33 bits per heavy atom. The Morgan fingerprint density at radius 2 is 2.06 bits per heavy atom. The first-order chi connectivity index (χ1) is 8.52. The summed E-state index contributed by atoms with van der Waals surface area (Å²) >= 11 is 7.61. The van der Waals surface area contributed by atoms with Crippen molar-refractivity contribution >= 4 is 23.4 Å². The normalized spacial score (nSPS) is 13.0. The number of nitrogens with one attached hydrogen (secondary N) is 1. The first kappa shape index (κ1) is 15.8. The molecule has 0 spiro atoms. The highest BCUT2D eigenvalue weighted by Gasteiger charge is 2.09. The molecule has 0 amide bonds. The van der Waals surface area contributed by atoms with Gasteiger partial charge in [0.2, 0.25) is 0 Å². The molecular formula is C14H21ClFNS. The van der Waals surface area contributed by atoms with E-state index in [4.69, 9.17) is 11.6 Å². The van der Waals surface area contributed by atoms with Crippen molar-refractivity contribution < 1.29 is 4.39 Å². The number of hydrogen-bond acceptors (Lipinski definition) is 2. The van der Waals surface area contributed by atoms with Gasteiger partial charge in [0.15, 0.2) is 0 Å². The van der Waals surface area contributed by atoms with E-state index in [2.05, 4.69) is 19.2 Å². The second kappa shape index (κ2) is 8.03. The minimum atomic E-state index is -0.334. The second-order valence-corrected chi connectivity index (χ2v) is 6.35. The van der Waals surface area contributed by atoms with Gasteiger partial charge in [-0.3, -0.25) is 0 Å². The molecule has 1 N–H and O–H groups in total. The maximum atomic E-state index is 13.3. The van der Waals surface area contributed by atoms with Crippen LogP contribution in [-0.2, 0) is 6.42 Å². The topological polar surface area (TPSA) is 12.0 Å². The quantitative estimate of drug-likeness (QED) is 0.814. The zero-order valence-electron chi connectivity index (χ0n) is 11.2. The fourth-order valence-electron chi connectivity index (χ4n) is 1.64. The third-order valence-electron chi connectivity index (χ3n) is 2.64. The smallest absolute Gasteiger partial charge is 0.142 e. The monoisotopic (exact) mass is 289 g/mol. The molecule has 4 heteroatoms. The summed E-state index contributed by atoms with van der Waals surface area (Å²) in [6.45, 7) is 4.44. The molecule has 1 aromatic rings. The van der Waals surface area contributed by atoms with Crippen molar-refractivity contribution in [2.45, 2.75) is 26.3 Å². The van der Waals surface area contributed by atoms with Crippen molar-refractivity contribution in [2.24, 2.45) is 5.92 Å². The van der Waals surface area contributed by atoms with Gasteiger partial charge in [-0.05, 0) is 42.8 Å². The van der Waals surface area contributed by atoms with Gasteiger partial charge >= 0.3 is 0 Å². The molecule has 0 bridgehead atoms. The average molecular weight is 290 g/mol. The van der Waals surface area contributed by atoms with E-state index in [1.54, 1.807) is 6.07 Å². The van der Waals surface area contributed by atoms with E-state index in [1.807, 2.05) is 24.9 Å². The van der Waals surface area contributed by atoms with Crippen LogP contribution in [0.4, 0.5) is 4.39 Å². The highest BCUT2D eigenvalue weighted by atomic mass is 35.5. The average Bonchev–Trinajstić information content (AvgIpc) is 2.32. The zero-order chi connectivity index (χ0) is 13.5. The van der Waals surface area contributed by atoms with E-state index in [0.29, 0.717) is 12.0 Å². The Bertz CT molecular complexity index is 371. The van der Waals surface area contributed by atoms with Crippen LogP contribution >= 0.6 is 23.4 Å². The molecule has 0 aromatic heterocycles. The molecule has 1 aromatic carbocycles. The summed E-state index contributed by atoms with van der Waals surface area (Å²) in [6.07, 6.45) is 0.829. The minimum Gasteiger partial charge on any atom is -0.316 e. The lowest BCUT2D eigenvalue weighted by molar-refractivity contribution is 0.602. The largest absolute Gasteiger partial charge is 0.316 e. The molecule has 0 radical (unpaired) electrons. The molecule has 0 aliphatic carbocycles. The van der Waals surface area contributed by atoms with E-state index in [0.717, 1.165) is 23.5 Å². The SMILES string of the molecule is CNC(CSCC(C)C)Cc1ccc(Cl)c(F)c1. The van der Waals surface area contributed by atoms with E-state index in [-0.39, 0.29) is 10.8 Å². The predicted octanol–water partition coefficient (Wildman–Crippen LogP) is 4.00. The summed E-state index contributed by atoms with van der Waals surface area (Å²) in [5.41, 5.74) is 0.987. The van der Waals surface area contributed by atoms with Crippen LogP contribution in [0.3, 0.4) is 0 Å². The molecule has 1 rings (SSSR count). The predicted molar refractivity (Wildman–Crippen MR) is 80.1 cm³/mol. The maximum absolute atomic E-state index is 13.3. The van der Waals surface area contributed by atoms with Crippen LogP contribution in [0.2, 0.25) is 5.02 Å². The molecule has 1 unspecified atom stereocenters. The van der Waals surface area contributed by atoms with Crippen molar-refractivity contribution in [1.29, 1.82) is 0 Å². The molecule has 0 fully saturated rings. The fraction of sp³-hybridized carbons (Fsp3) is 0.571. The summed E-state index contributed by atoms with van der Waals surface area (Å²) in [5.74, 6) is 2.57. The number of benzene rings is 1. The molecule has 1 atom stereocenters. The number of thioether (sulfide) groups is 1. The molecular weight excluding hydrogens is 269 g/mol. The van der Waals surface area contributed by atoms with Crippen LogP contribution < -0.4 is 5.32 Å². The number of halogens is 2. The van der Waals surface area contributed by atoms with Crippen molar-refractivity contribution in [3.8, 4) is 0 Å². The van der Waals surface area contributed by atoms with Gasteiger partial charge in [-0.1, -0.05) is 31.5 Å². The van der Waals surface area contributed by atoms with Gasteiger partial charge < -0.3 is 5.32 Å². The third kappa shape index (κ3) is 5.59. The van der Waals surface area contributed by atoms with Crippen LogP contribution in [0.15, 0.2) is 18.2 Å². The Kier molecular flexibility index (Phi) is 7.05. The van der Waals surface area contributed by atoms with Crippen molar-refractivity contribution in [3.05, 3.63) is 34.6 Å². The summed E-state index contributed by atoms with van der Waals surface area (Å²) in [4.78, 5) is 0. The molecule has 0 saturated heterocycles. The van der Waals surface area contributed by atoms with Crippen molar-refractivity contribution in [2.75, 3.05) is 18.6 Å². The summed E-state index contributed by atoms with van der Waals surface area (Å²) in [5, 5.41) is 3.47. The van der Waals surface area contributed by atoms with E-state index in [1.165, 1.54) is 6.07 Å². The van der Waals surface area contributed by atoms with Gasteiger partial charge in [0.1, 0.15) is 5.82 Å². The van der Waals surface area contributed by atoms with Crippen molar-refractivity contribution in [1.82, 2.24) is 5.32 Å². The zero-order valence-corrected chi connectivity index (χ0v) is 12.7. The number of likely N-dealkylation sites (N-methyl/N-ethyl adjacent to an activating group) is 1. The third-order valence-corrected chi connectivity index (χ3v) is 4.49. The summed E-state index contributed by atoms with van der Waals surface area (Å²) < 4.78 is 13.3. The van der Waals surface area contributed by atoms with Gasteiger partial charge in [0.05, 0.1) is 5.02 Å². The van der Waals surface area contributed by atoms with Crippen LogP contribution in [-0.4, -0.2) is 24.6 Å². The highest BCUT2D eigenvalue weighted by molar-refractivity contribution is 7.99. The van der Waals surface area contributed by atoms with Crippen molar-refractivity contribution in [3.63, 3.8) is 0 Å². The Hall–Kier alpha value is -0.250. The molecule has 0 heterocycles. The molecule has 0 aliphatic heterocycles. The standard InChI is InChI=1S/C14H21ClFNS/c1-10(2)8-18-9-12(17-3)6-11-4-5-13(15)14(16)7-11/h4-5,7,10,12,17H,6,8-9H2,1-3H3. The first-order valence-corrected chi connectivity index (χ1v) is 7.75. The van der Waals surface area contributed by atoms with Gasteiger partial charge in [0.25, 0.3) is 0 Å². The van der Waals surface area contributed by atoms with Gasteiger partial charge in [0, 0.05) is 11.8 Å². The van der Waals surface area contributed by atoms with Crippen LogP contribution in [0.5, 0.6) is 0 Å². The fourth-order valence-corrected chi connectivity index (χ4v) is 2.94. The van der Waals surface area contributed by atoms with E-state index in [9.17, 15) is 4.39 Å². The number of hydrogen-bond donors (Lipinski definition) is 1. The Morgan fingerprint density at radius 3 is 2.61 bits per heavy atom. The second-order valence-electron chi connectivity index (χ2n) is 4.87. The highest BCUT2D eigenvalue weighted by Crippen LogP contribution is 2.18. The Labute approximate surface area is 118 Å². The van der Waals surface area contributed by atoms with E-state index < -0.39 is 0 Å². The summed E-state index contributed by atoms with van der Waals surface area (Å²) in [7, 11) is 1.95. The first-order valence-electron chi connectivity index (χ1n) is 6.22. The molecule has 102 valence electrons. The lowest BCUT2D eigenvalue weighted by Gasteiger charge is -2.16. The lowest BCUT2D eigenvalue weighted by Crippen LogP contribution is -2.30. The lowest BCUT2D eigenvalue weighted by atomic mass is 10.1. The Balaban J connectivity index is 2.49. The van der Waals surface area contributed by atoms with Gasteiger partial charge in [-0.15, -0.1) is 0 Å². The maximum Gasteiger partial charge on any atom is 0.142 e. The van der Waals surface area contributed by atoms with Crippen LogP contribution in [0.1, 0.15) is 19.4 Å². The minimum absolute atomic E-state index is 0.189. The number of rotatable bonds is 7. The molecule has 1 nitrogen and oxygen atoms in total. The van der Waals surface area contributed by atoms with E-state index >= 15 is 0 Å².